The molecule has 0 radical (unpaired) electrons. The number of anilines is 4. The highest BCUT2D eigenvalue weighted by atomic mass is 16.5. The van der Waals surface area contributed by atoms with Gasteiger partial charge in [-0.1, -0.05) is 30.3 Å². The molecule has 6 heteroatoms. The van der Waals surface area contributed by atoms with Gasteiger partial charge in [0.2, 0.25) is 0 Å². The van der Waals surface area contributed by atoms with Crippen molar-refractivity contribution < 1.29 is 4.74 Å². The average Bonchev–Trinajstić information content (AvgIpc) is 2.68. The topological polar surface area (TPSA) is 63.2 Å². The number of fused-ring (bicyclic) bond motifs is 1. The van der Waals surface area contributed by atoms with Crippen LogP contribution in [-0.2, 0) is 6.42 Å². The van der Waals surface area contributed by atoms with Crippen LogP contribution in [0.2, 0.25) is 0 Å². The van der Waals surface area contributed by atoms with Gasteiger partial charge in [-0.05, 0) is 36.6 Å². The highest BCUT2D eigenvalue weighted by Gasteiger charge is 2.20. The molecule has 0 amide bonds. The molecule has 0 unspecified atom stereocenters. The van der Waals surface area contributed by atoms with Crippen LogP contribution >= 0.6 is 0 Å². The van der Waals surface area contributed by atoms with Crippen molar-refractivity contribution in [1.82, 2.24) is 15.2 Å². The Morgan fingerprint density at radius 2 is 1.92 bits per heavy atom. The van der Waals surface area contributed by atoms with E-state index in [2.05, 4.69) is 43.6 Å². The second-order valence-corrected chi connectivity index (χ2v) is 5.85. The molecule has 0 atom stereocenters. The summed E-state index contributed by atoms with van der Waals surface area (Å²) in [5.74, 6) is 2.00. The molecule has 25 heavy (non-hydrogen) atoms. The van der Waals surface area contributed by atoms with Gasteiger partial charge >= 0.3 is 0 Å². The summed E-state index contributed by atoms with van der Waals surface area (Å²) >= 11 is 0. The van der Waals surface area contributed by atoms with Crippen LogP contribution in [0.3, 0.4) is 0 Å². The Kier molecular flexibility index (Phi) is 4.16. The third kappa shape index (κ3) is 3.10. The Morgan fingerprint density at radius 3 is 2.84 bits per heavy atom. The maximum atomic E-state index is 5.37. The zero-order chi connectivity index (χ0) is 17.1. The number of aryl methyl sites for hydroxylation is 1. The molecule has 126 valence electrons. The van der Waals surface area contributed by atoms with Gasteiger partial charge in [-0.2, -0.15) is 10.1 Å². The Morgan fingerprint density at radius 1 is 1.08 bits per heavy atom. The van der Waals surface area contributed by atoms with Gasteiger partial charge in [0.15, 0.2) is 5.82 Å². The van der Waals surface area contributed by atoms with E-state index in [0.717, 1.165) is 36.5 Å². The minimum atomic E-state index is 0.604. The summed E-state index contributed by atoms with van der Waals surface area (Å²) in [5, 5.41) is 11.6. The van der Waals surface area contributed by atoms with E-state index < -0.39 is 0 Å². The summed E-state index contributed by atoms with van der Waals surface area (Å²) in [7, 11) is 1.65. The first-order chi connectivity index (χ1) is 12.3. The summed E-state index contributed by atoms with van der Waals surface area (Å²) < 4.78 is 5.37. The lowest BCUT2D eigenvalue weighted by Gasteiger charge is -2.29. The largest absolute Gasteiger partial charge is 0.495 e. The average molecular weight is 333 g/mol. The predicted molar refractivity (Wildman–Crippen MR) is 97.9 cm³/mol. The lowest BCUT2D eigenvalue weighted by molar-refractivity contribution is 0.417. The van der Waals surface area contributed by atoms with Crippen LogP contribution in [0.5, 0.6) is 5.75 Å². The van der Waals surface area contributed by atoms with Gasteiger partial charge in [0.05, 0.1) is 19.0 Å². The Bertz CT molecular complexity index is 883. The van der Waals surface area contributed by atoms with E-state index in [1.165, 1.54) is 5.56 Å². The van der Waals surface area contributed by atoms with E-state index in [9.17, 15) is 0 Å². The molecule has 0 bridgehead atoms. The molecular weight excluding hydrogens is 314 g/mol. The maximum absolute atomic E-state index is 5.37. The Balaban J connectivity index is 1.65. The number of hydrogen-bond donors (Lipinski definition) is 1. The first-order valence-corrected chi connectivity index (χ1v) is 8.30. The molecule has 1 aliphatic heterocycles. The van der Waals surface area contributed by atoms with Gasteiger partial charge in [-0.25, -0.2) is 0 Å². The highest BCUT2D eigenvalue weighted by molar-refractivity contribution is 5.66. The number of nitrogens with zero attached hydrogens (tertiary/aromatic N) is 4. The van der Waals surface area contributed by atoms with Crippen LogP contribution in [0.15, 0.2) is 54.7 Å². The van der Waals surface area contributed by atoms with Crippen molar-refractivity contribution in [3.05, 3.63) is 60.3 Å². The molecule has 1 aliphatic rings. The molecule has 1 N–H and O–H groups in total. The standard InChI is InChI=1S/C19H19N5O/c1-25-17-11-5-3-9-15(17)21-18-13-20-23-19(22-18)24-12-6-8-14-7-2-4-10-16(14)24/h2-5,7,9-11,13H,6,8,12H2,1H3,(H,21,22,23). The van der Waals surface area contributed by atoms with Crippen molar-refractivity contribution in [2.45, 2.75) is 12.8 Å². The van der Waals surface area contributed by atoms with Crippen LogP contribution in [0.1, 0.15) is 12.0 Å². The minimum Gasteiger partial charge on any atom is -0.495 e. The van der Waals surface area contributed by atoms with Crippen LogP contribution in [-0.4, -0.2) is 28.8 Å². The second-order valence-electron chi connectivity index (χ2n) is 5.85. The highest BCUT2D eigenvalue weighted by Crippen LogP contribution is 2.32. The molecule has 2 heterocycles. The molecule has 4 rings (SSSR count). The fourth-order valence-electron chi connectivity index (χ4n) is 3.10. The van der Waals surface area contributed by atoms with Gasteiger partial charge in [0.1, 0.15) is 5.75 Å². The third-order valence-electron chi connectivity index (χ3n) is 4.27. The Labute approximate surface area is 146 Å². The van der Waals surface area contributed by atoms with Gasteiger partial charge in [0, 0.05) is 12.2 Å². The summed E-state index contributed by atoms with van der Waals surface area (Å²) in [5.41, 5.74) is 3.32. The number of methoxy groups -OCH3 is 1. The lowest BCUT2D eigenvalue weighted by atomic mass is 10.0. The van der Waals surface area contributed by atoms with Crippen LogP contribution in [0.25, 0.3) is 0 Å². The molecule has 1 aromatic heterocycles. The zero-order valence-electron chi connectivity index (χ0n) is 14.0. The normalized spacial score (nSPS) is 13.2. The van der Waals surface area contributed by atoms with Gasteiger partial charge in [-0.15, -0.1) is 5.10 Å². The zero-order valence-corrected chi connectivity index (χ0v) is 14.0. The number of nitrogens with one attached hydrogen (secondary N) is 1. The van der Waals surface area contributed by atoms with Crippen molar-refractivity contribution in [1.29, 1.82) is 0 Å². The number of rotatable bonds is 4. The monoisotopic (exact) mass is 333 g/mol. The number of aromatic nitrogens is 3. The molecule has 0 saturated heterocycles. The van der Waals surface area contributed by atoms with Crippen molar-refractivity contribution in [3.8, 4) is 5.75 Å². The van der Waals surface area contributed by atoms with Gasteiger partial charge in [0.25, 0.3) is 5.95 Å². The summed E-state index contributed by atoms with van der Waals surface area (Å²) in [6.07, 6.45) is 3.77. The number of benzene rings is 2. The third-order valence-corrected chi connectivity index (χ3v) is 4.27. The number of ether oxygens (including phenoxy) is 1. The van der Waals surface area contributed by atoms with E-state index in [1.54, 1.807) is 13.3 Å². The fourth-order valence-corrected chi connectivity index (χ4v) is 3.10. The summed E-state index contributed by atoms with van der Waals surface area (Å²) in [6.45, 7) is 0.886. The number of hydrogen-bond acceptors (Lipinski definition) is 6. The van der Waals surface area contributed by atoms with Gasteiger partial charge < -0.3 is 15.0 Å². The van der Waals surface area contributed by atoms with Gasteiger partial charge in [-0.3, -0.25) is 0 Å². The molecule has 2 aromatic carbocycles. The van der Waals surface area contributed by atoms with E-state index >= 15 is 0 Å². The Hall–Kier alpha value is -3.15. The fraction of sp³-hybridized carbons (Fsp3) is 0.211. The first kappa shape index (κ1) is 15.4. The quantitative estimate of drug-likeness (QED) is 0.785. The molecule has 3 aromatic rings. The van der Waals surface area contributed by atoms with E-state index in [4.69, 9.17) is 4.74 Å². The molecule has 0 spiro atoms. The van der Waals surface area contributed by atoms with Crippen LogP contribution in [0, 0.1) is 0 Å². The first-order valence-electron chi connectivity index (χ1n) is 8.30. The van der Waals surface area contributed by atoms with Crippen molar-refractivity contribution >= 4 is 23.1 Å². The molecule has 0 aliphatic carbocycles. The smallest absolute Gasteiger partial charge is 0.251 e. The lowest BCUT2D eigenvalue weighted by Crippen LogP contribution is -2.26. The van der Waals surface area contributed by atoms with Crippen molar-refractivity contribution in [2.75, 3.05) is 23.9 Å². The summed E-state index contributed by atoms with van der Waals surface area (Å²) in [4.78, 5) is 6.78. The van der Waals surface area contributed by atoms with E-state index in [0.29, 0.717) is 11.8 Å². The maximum Gasteiger partial charge on any atom is 0.251 e. The van der Waals surface area contributed by atoms with E-state index in [1.807, 2.05) is 30.3 Å². The van der Waals surface area contributed by atoms with Crippen LogP contribution < -0.4 is 15.0 Å². The second kappa shape index (κ2) is 6.76. The molecule has 0 fully saturated rings. The van der Waals surface area contributed by atoms with E-state index in [-0.39, 0.29) is 0 Å². The van der Waals surface area contributed by atoms with Crippen molar-refractivity contribution in [3.63, 3.8) is 0 Å². The molecule has 0 saturated carbocycles. The van der Waals surface area contributed by atoms with Crippen LogP contribution in [0.4, 0.5) is 23.1 Å². The number of para-hydroxylation sites is 3. The minimum absolute atomic E-state index is 0.604. The summed E-state index contributed by atoms with van der Waals surface area (Å²) in [6, 6.07) is 16.1. The van der Waals surface area contributed by atoms with Crippen molar-refractivity contribution in [2.24, 2.45) is 0 Å². The molecule has 6 nitrogen and oxygen atoms in total. The molecular formula is C19H19N5O. The SMILES string of the molecule is COc1ccccc1Nc1cnnc(N2CCCc3ccccc32)n1. The predicted octanol–water partition coefficient (Wildman–Crippen LogP) is 3.71.